The van der Waals surface area contributed by atoms with E-state index in [9.17, 15) is 9.59 Å². The third-order valence-corrected chi connectivity index (χ3v) is 5.31. The fourth-order valence-electron chi connectivity index (χ4n) is 3.38. The largest absolute Gasteiger partial charge is 0.492 e. The van der Waals surface area contributed by atoms with E-state index in [1.807, 2.05) is 26.0 Å². The molecule has 3 aromatic rings. The molecule has 0 radical (unpaired) electrons. The van der Waals surface area contributed by atoms with Gasteiger partial charge in [-0.15, -0.1) is 0 Å². The molecule has 1 atom stereocenters. The van der Waals surface area contributed by atoms with Gasteiger partial charge < -0.3 is 13.9 Å². The molecule has 0 saturated carbocycles. The van der Waals surface area contributed by atoms with Crippen LogP contribution in [0.3, 0.4) is 0 Å². The average molecular weight is 399 g/mol. The lowest BCUT2D eigenvalue weighted by Gasteiger charge is -2.24. The van der Waals surface area contributed by atoms with Crippen LogP contribution in [0.4, 0.5) is 0 Å². The Morgan fingerprint density at radius 1 is 1.18 bits per heavy atom. The van der Waals surface area contributed by atoms with Gasteiger partial charge in [0.25, 0.3) is 0 Å². The number of ether oxygens (including phenoxy) is 2. The third kappa shape index (κ3) is 3.62. The minimum absolute atomic E-state index is 0.00232. The first-order chi connectivity index (χ1) is 13.4. The summed E-state index contributed by atoms with van der Waals surface area (Å²) in [5.74, 6) is -0.0388. The van der Waals surface area contributed by atoms with Crippen LogP contribution in [0.15, 0.2) is 45.6 Å². The Bertz CT molecular complexity index is 1130. The van der Waals surface area contributed by atoms with Gasteiger partial charge in [0.1, 0.15) is 24.5 Å². The maximum atomic E-state index is 12.6. The van der Waals surface area contributed by atoms with E-state index in [2.05, 4.69) is 0 Å². The van der Waals surface area contributed by atoms with Crippen LogP contribution in [0.1, 0.15) is 22.3 Å². The van der Waals surface area contributed by atoms with Crippen LogP contribution >= 0.6 is 11.6 Å². The molecule has 5 nitrogen and oxygen atoms in total. The van der Waals surface area contributed by atoms with Gasteiger partial charge in [-0.1, -0.05) is 11.6 Å². The molecule has 0 N–H and O–H groups in total. The third-order valence-electron chi connectivity index (χ3n) is 5.08. The second-order valence-electron chi connectivity index (χ2n) is 7.10. The van der Waals surface area contributed by atoms with E-state index in [0.717, 1.165) is 27.8 Å². The molecule has 28 heavy (non-hydrogen) atoms. The lowest BCUT2D eigenvalue weighted by molar-refractivity contribution is -0.151. The molecule has 6 heteroatoms. The quantitative estimate of drug-likeness (QED) is 0.484. The highest BCUT2D eigenvalue weighted by molar-refractivity contribution is 6.30. The first-order valence-corrected chi connectivity index (χ1v) is 9.40. The molecule has 0 fully saturated rings. The normalized spacial score (nSPS) is 15.8. The Labute approximate surface area is 166 Å². The van der Waals surface area contributed by atoms with Crippen LogP contribution in [0, 0.1) is 19.8 Å². The van der Waals surface area contributed by atoms with Gasteiger partial charge in [0, 0.05) is 22.0 Å². The minimum Gasteiger partial charge on any atom is -0.492 e. The Hall–Kier alpha value is -2.79. The molecular formula is C22H19ClO5. The molecule has 144 valence electrons. The van der Waals surface area contributed by atoms with Crippen LogP contribution < -0.4 is 10.4 Å². The first kappa shape index (κ1) is 18.6. The van der Waals surface area contributed by atoms with Crippen LogP contribution in [0.5, 0.6) is 5.75 Å². The van der Waals surface area contributed by atoms with Crippen molar-refractivity contribution in [3.8, 4) is 5.75 Å². The van der Waals surface area contributed by atoms with Gasteiger partial charge in [0.2, 0.25) is 0 Å². The highest BCUT2D eigenvalue weighted by Crippen LogP contribution is 2.30. The zero-order valence-corrected chi connectivity index (χ0v) is 16.3. The molecular weight excluding hydrogens is 380 g/mol. The molecule has 0 spiro atoms. The molecule has 0 aliphatic carbocycles. The highest BCUT2D eigenvalue weighted by atomic mass is 35.5. The Morgan fingerprint density at radius 3 is 2.79 bits per heavy atom. The number of rotatable bonds is 3. The molecule has 4 rings (SSSR count). The van der Waals surface area contributed by atoms with Gasteiger partial charge in [0.15, 0.2) is 0 Å². The summed E-state index contributed by atoms with van der Waals surface area (Å²) in [6.07, 6.45) is 0.505. The van der Waals surface area contributed by atoms with E-state index in [4.69, 9.17) is 25.5 Å². The summed E-state index contributed by atoms with van der Waals surface area (Å²) in [5, 5.41) is 1.37. The summed E-state index contributed by atoms with van der Waals surface area (Å²) in [7, 11) is 0. The zero-order chi connectivity index (χ0) is 19.8. The molecule has 0 bridgehead atoms. The highest BCUT2D eigenvalue weighted by Gasteiger charge is 2.27. The summed E-state index contributed by atoms with van der Waals surface area (Å²) in [6.45, 7) is 4.19. The molecule has 2 aromatic carbocycles. The van der Waals surface area contributed by atoms with Crippen LogP contribution in [0.25, 0.3) is 11.0 Å². The predicted octanol–water partition coefficient (Wildman–Crippen LogP) is 4.36. The summed E-state index contributed by atoms with van der Waals surface area (Å²) in [4.78, 5) is 24.4. The van der Waals surface area contributed by atoms with Gasteiger partial charge in [-0.2, -0.15) is 0 Å². The van der Waals surface area contributed by atoms with Crippen LogP contribution in [-0.2, 0) is 22.6 Å². The Balaban J connectivity index is 1.53. The summed E-state index contributed by atoms with van der Waals surface area (Å²) in [6, 6.07) is 10.5. The van der Waals surface area contributed by atoms with E-state index < -0.39 is 11.5 Å². The number of esters is 1. The van der Waals surface area contributed by atoms with Gasteiger partial charge in [-0.05, 0) is 67.3 Å². The number of hydrogen-bond acceptors (Lipinski definition) is 5. The number of benzene rings is 2. The SMILES string of the molecule is Cc1cc2oc(=O)cc(COC(=O)[C@@H]3COc4ccc(Cl)cc4C3)c2cc1C. The number of aryl methyl sites for hydroxylation is 2. The molecule has 1 aromatic heterocycles. The van der Waals surface area contributed by atoms with E-state index in [1.54, 1.807) is 18.2 Å². The molecule has 1 aliphatic rings. The van der Waals surface area contributed by atoms with Gasteiger partial charge >= 0.3 is 11.6 Å². The number of halogens is 1. The monoisotopic (exact) mass is 398 g/mol. The number of hydrogen-bond donors (Lipinski definition) is 0. The van der Waals surface area contributed by atoms with Gasteiger partial charge in [-0.25, -0.2) is 4.79 Å². The average Bonchev–Trinajstić information content (AvgIpc) is 2.66. The Morgan fingerprint density at radius 2 is 1.96 bits per heavy atom. The molecule has 0 amide bonds. The van der Waals surface area contributed by atoms with Crippen molar-refractivity contribution in [1.82, 2.24) is 0 Å². The lowest BCUT2D eigenvalue weighted by Crippen LogP contribution is -2.29. The van der Waals surface area contributed by atoms with Crippen molar-refractivity contribution >= 4 is 28.5 Å². The van der Waals surface area contributed by atoms with Crippen molar-refractivity contribution in [2.45, 2.75) is 26.9 Å². The van der Waals surface area contributed by atoms with E-state index in [1.165, 1.54) is 6.07 Å². The van der Waals surface area contributed by atoms with Crippen molar-refractivity contribution in [2.24, 2.45) is 5.92 Å². The number of fused-ring (bicyclic) bond motifs is 2. The van der Waals surface area contributed by atoms with E-state index in [0.29, 0.717) is 22.6 Å². The topological polar surface area (TPSA) is 65.7 Å². The van der Waals surface area contributed by atoms with Crippen LogP contribution in [0.2, 0.25) is 5.02 Å². The van der Waals surface area contributed by atoms with E-state index >= 15 is 0 Å². The van der Waals surface area contributed by atoms with Crippen molar-refractivity contribution in [1.29, 1.82) is 0 Å². The first-order valence-electron chi connectivity index (χ1n) is 9.02. The predicted molar refractivity (Wildman–Crippen MR) is 106 cm³/mol. The maximum absolute atomic E-state index is 12.6. The maximum Gasteiger partial charge on any atom is 0.336 e. The van der Waals surface area contributed by atoms with Gasteiger partial charge in [-0.3, -0.25) is 4.79 Å². The second kappa shape index (κ2) is 7.32. The molecule has 1 aliphatic heterocycles. The van der Waals surface area contributed by atoms with Crippen molar-refractivity contribution in [3.05, 3.63) is 74.1 Å². The minimum atomic E-state index is -0.466. The smallest absolute Gasteiger partial charge is 0.336 e. The molecule has 0 saturated heterocycles. The molecule has 2 heterocycles. The summed E-state index contributed by atoms with van der Waals surface area (Å²) >= 11 is 6.03. The zero-order valence-electron chi connectivity index (χ0n) is 15.6. The number of carbonyl (C=O) groups excluding carboxylic acids is 1. The van der Waals surface area contributed by atoms with Crippen LogP contribution in [-0.4, -0.2) is 12.6 Å². The van der Waals surface area contributed by atoms with E-state index in [-0.39, 0.29) is 19.2 Å². The standard InChI is InChI=1S/C22H19ClO5/c1-12-5-18-15(9-21(24)28-20(18)6-13(12)2)10-27-22(25)16-7-14-8-17(23)3-4-19(14)26-11-16/h3-6,8-9,16H,7,10-11H2,1-2H3/t16-/m0/s1. The number of carbonyl (C=O) groups is 1. The fourth-order valence-corrected chi connectivity index (χ4v) is 3.58. The Kier molecular flexibility index (Phi) is 4.85. The lowest BCUT2D eigenvalue weighted by atomic mass is 9.97. The van der Waals surface area contributed by atoms with Crippen molar-refractivity contribution in [2.75, 3.05) is 6.61 Å². The summed E-state index contributed by atoms with van der Waals surface area (Å²) < 4.78 is 16.5. The van der Waals surface area contributed by atoms with Crippen molar-refractivity contribution in [3.63, 3.8) is 0 Å². The van der Waals surface area contributed by atoms with Crippen molar-refractivity contribution < 1.29 is 18.7 Å². The van der Waals surface area contributed by atoms with Gasteiger partial charge in [0.05, 0.1) is 5.92 Å². The summed E-state index contributed by atoms with van der Waals surface area (Å²) in [5.41, 5.74) is 3.64. The second-order valence-corrected chi connectivity index (χ2v) is 7.53. The molecule has 0 unspecified atom stereocenters. The fraction of sp³-hybridized carbons (Fsp3) is 0.273.